The van der Waals surface area contributed by atoms with Gasteiger partial charge in [0.2, 0.25) is 5.91 Å². The highest BCUT2D eigenvalue weighted by molar-refractivity contribution is 8.03. The number of hydrogen-bond acceptors (Lipinski definition) is 5. The van der Waals surface area contributed by atoms with Crippen LogP contribution >= 0.6 is 11.8 Å². The van der Waals surface area contributed by atoms with Crippen LogP contribution in [0.5, 0.6) is 0 Å². The maximum Gasteiger partial charge on any atom is 0.353 e. The zero-order valence-electron chi connectivity index (χ0n) is 11.6. The number of carbonyl (C=O) groups excluding carboxylic acids is 1. The van der Waals surface area contributed by atoms with E-state index in [-0.39, 0.29) is 17.6 Å². The van der Waals surface area contributed by atoms with E-state index in [0.717, 1.165) is 23.7 Å². The Bertz CT molecular complexity index is 450. The standard InChI is InChI=1S/C13H20N2O4S/c1-3-14-4-5-20-9-6-8-10(7(2)16)12(17)15(8)11(9)13(18)19/h7-8,10,14,16H,3-6H2,1-2H3,(H,18,19)/t7-,8-,10-/m1/s1. The zero-order chi connectivity index (χ0) is 14.9. The van der Waals surface area contributed by atoms with Crippen molar-refractivity contribution in [3.8, 4) is 0 Å². The molecule has 0 aromatic rings. The van der Waals surface area contributed by atoms with Crippen molar-refractivity contribution >= 4 is 23.6 Å². The molecule has 112 valence electrons. The van der Waals surface area contributed by atoms with Gasteiger partial charge in [-0.2, -0.15) is 0 Å². The molecule has 2 aliphatic rings. The Labute approximate surface area is 122 Å². The van der Waals surface area contributed by atoms with Gasteiger partial charge in [-0.05, 0) is 13.5 Å². The number of β-lactam (4-membered cyclic amide) rings is 1. The van der Waals surface area contributed by atoms with E-state index >= 15 is 0 Å². The number of hydrogen-bond donors (Lipinski definition) is 3. The first-order valence-electron chi connectivity index (χ1n) is 6.80. The minimum atomic E-state index is -1.06. The summed E-state index contributed by atoms with van der Waals surface area (Å²) in [5.41, 5.74) is 0.110. The highest BCUT2D eigenvalue weighted by Gasteiger charge is 2.56. The molecule has 20 heavy (non-hydrogen) atoms. The number of aliphatic carboxylic acids is 1. The number of thioether (sulfide) groups is 1. The molecule has 0 aromatic carbocycles. The molecule has 0 aromatic heterocycles. The summed E-state index contributed by atoms with van der Waals surface area (Å²) < 4.78 is 0. The number of fused-ring (bicyclic) bond motifs is 1. The lowest BCUT2D eigenvalue weighted by atomic mass is 9.83. The number of rotatable bonds is 7. The fourth-order valence-corrected chi connectivity index (χ4v) is 3.89. The van der Waals surface area contributed by atoms with Gasteiger partial charge in [0.05, 0.1) is 18.1 Å². The van der Waals surface area contributed by atoms with Gasteiger partial charge in [-0.1, -0.05) is 6.92 Å². The average molecular weight is 300 g/mol. The number of amides is 1. The van der Waals surface area contributed by atoms with Crippen molar-refractivity contribution in [3.63, 3.8) is 0 Å². The molecule has 0 unspecified atom stereocenters. The highest BCUT2D eigenvalue weighted by atomic mass is 32.2. The molecule has 6 nitrogen and oxygen atoms in total. The van der Waals surface area contributed by atoms with Crippen LogP contribution in [-0.2, 0) is 9.59 Å². The summed E-state index contributed by atoms with van der Waals surface area (Å²) in [4.78, 5) is 25.4. The van der Waals surface area contributed by atoms with Gasteiger partial charge in [0, 0.05) is 23.6 Å². The first kappa shape index (κ1) is 15.3. The fraction of sp³-hybridized carbons (Fsp3) is 0.692. The lowest BCUT2D eigenvalue weighted by Crippen LogP contribution is -2.61. The summed E-state index contributed by atoms with van der Waals surface area (Å²) in [6.07, 6.45) is -0.190. The van der Waals surface area contributed by atoms with E-state index in [1.165, 1.54) is 16.7 Å². The van der Waals surface area contributed by atoms with E-state index in [1.54, 1.807) is 6.92 Å². The Hall–Kier alpha value is -1.05. The van der Waals surface area contributed by atoms with Crippen LogP contribution in [0.4, 0.5) is 0 Å². The first-order chi connectivity index (χ1) is 9.49. The first-order valence-corrected chi connectivity index (χ1v) is 7.78. The molecular formula is C13H20N2O4S. The predicted molar refractivity (Wildman–Crippen MR) is 76.1 cm³/mol. The maximum atomic E-state index is 12.0. The van der Waals surface area contributed by atoms with E-state index < -0.39 is 18.0 Å². The highest BCUT2D eigenvalue weighted by Crippen LogP contribution is 2.46. The molecule has 3 N–H and O–H groups in total. The molecule has 0 radical (unpaired) electrons. The molecule has 3 atom stereocenters. The van der Waals surface area contributed by atoms with Gasteiger partial charge in [0.25, 0.3) is 0 Å². The van der Waals surface area contributed by atoms with Crippen molar-refractivity contribution in [2.45, 2.75) is 32.4 Å². The van der Waals surface area contributed by atoms with Crippen LogP contribution in [0.1, 0.15) is 20.3 Å². The van der Waals surface area contributed by atoms with Crippen molar-refractivity contribution in [1.29, 1.82) is 0 Å². The zero-order valence-corrected chi connectivity index (χ0v) is 12.4. The maximum absolute atomic E-state index is 12.0. The minimum Gasteiger partial charge on any atom is -0.477 e. The molecule has 0 aliphatic carbocycles. The molecule has 1 saturated heterocycles. The van der Waals surface area contributed by atoms with Crippen LogP contribution in [-0.4, -0.2) is 58.0 Å². The van der Waals surface area contributed by atoms with Crippen molar-refractivity contribution in [3.05, 3.63) is 10.6 Å². The number of carbonyl (C=O) groups is 2. The van der Waals surface area contributed by atoms with Crippen molar-refractivity contribution < 1.29 is 19.8 Å². The molecule has 0 saturated carbocycles. The number of nitrogens with one attached hydrogen (secondary N) is 1. The second-order valence-electron chi connectivity index (χ2n) is 5.03. The Kier molecular flexibility index (Phi) is 4.72. The molecular weight excluding hydrogens is 280 g/mol. The van der Waals surface area contributed by atoms with Gasteiger partial charge in [0.15, 0.2) is 0 Å². The Morgan fingerprint density at radius 2 is 2.30 bits per heavy atom. The lowest BCUT2D eigenvalue weighted by molar-refractivity contribution is -0.161. The van der Waals surface area contributed by atoms with Crippen LogP contribution in [0, 0.1) is 5.92 Å². The van der Waals surface area contributed by atoms with Gasteiger partial charge < -0.3 is 20.4 Å². The molecule has 0 bridgehead atoms. The van der Waals surface area contributed by atoms with Gasteiger partial charge in [-0.15, -0.1) is 11.8 Å². The second-order valence-corrected chi connectivity index (χ2v) is 6.21. The van der Waals surface area contributed by atoms with Gasteiger partial charge in [0.1, 0.15) is 5.70 Å². The summed E-state index contributed by atoms with van der Waals surface area (Å²) >= 11 is 1.48. The predicted octanol–water partition coefficient (Wildman–Crippen LogP) is 0.237. The van der Waals surface area contributed by atoms with Crippen molar-refractivity contribution in [2.75, 3.05) is 18.8 Å². The summed E-state index contributed by atoms with van der Waals surface area (Å²) in [5.74, 6) is -1.02. The topological polar surface area (TPSA) is 89.9 Å². The Morgan fingerprint density at radius 1 is 1.60 bits per heavy atom. The van der Waals surface area contributed by atoms with Gasteiger partial charge in [-0.3, -0.25) is 4.79 Å². The fourth-order valence-electron chi connectivity index (χ4n) is 2.78. The molecule has 2 heterocycles. The molecule has 7 heteroatoms. The van der Waals surface area contributed by atoms with E-state index in [9.17, 15) is 19.8 Å². The van der Waals surface area contributed by atoms with E-state index in [2.05, 4.69) is 5.32 Å². The molecule has 2 aliphatic heterocycles. The third-order valence-electron chi connectivity index (χ3n) is 3.70. The molecule has 2 rings (SSSR count). The second kappa shape index (κ2) is 6.15. The largest absolute Gasteiger partial charge is 0.477 e. The van der Waals surface area contributed by atoms with Crippen LogP contribution in [0.15, 0.2) is 10.6 Å². The summed E-state index contributed by atoms with van der Waals surface area (Å²) in [6, 6.07) is -0.185. The normalized spacial score (nSPS) is 26.6. The summed E-state index contributed by atoms with van der Waals surface area (Å²) in [5, 5.41) is 22.1. The van der Waals surface area contributed by atoms with Crippen molar-refractivity contribution in [2.24, 2.45) is 5.92 Å². The van der Waals surface area contributed by atoms with Crippen LogP contribution in [0.3, 0.4) is 0 Å². The van der Waals surface area contributed by atoms with Gasteiger partial charge in [-0.25, -0.2) is 4.79 Å². The number of aliphatic hydroxyl groups is 1. The van der Waals surface area contributed by atoms with Crippen LogP contribution < -0.4 is 5.32 Å². The quantitative estimate of drug-likeness (QED) is 0.461. The number of carboxylic acid groups (broad SMARTS) is 1. The van der Waals surface area contributed by atoms with E-state index in [4.69, 9.17) is 0 Å². The number of nitrogens with zero attached hydrogens (tertiary/aromatic N) is 1. The molecule has 1 fully saturated rings. The van der Waals surface area contributed by atoms with Gasteiger partial charge >= 0.3 is 5.97 Å². The third kappa shape index (κ3) is 2.57. The summed E-state index contributed by atoms with van der Waals surface area (Å²) in [7, 11) is 0. The van der Waals surface area contributed by atoms with Crippen LogP contribution in [0.25, 0.3) is 0 Å². The summed E-state index contributed by atoms with van der Waals surface area (Å²) in [6.45, 7) is 5.27. The average Bonchev–Trinajstić information content (AvgIpc) is 2.69. The van der Waals surface area contributed by atoms with E-state index in [0.29, 0.717) is 6.42 Å². The number of aliphatic hydroxyl groups excluding tert-OH is 1. The third-order valence-corrected chi connectivity index (χ3v) is 4.81. The van der Waals surface area contributed by atoms with Crippen LogP contribution in [0.2, 0.25) is 0 Å². The Balaban J connectivity index is 2.07. The van der Waals surface area contributed by atoms with Crippen molar-refractivity contribution in [1.82, 2.24) is 10.2 Å². The minimum absolute atomic E-state index is 0.110. The molecule has 0 spiro atoms. The monoisotopic (exact) mass is 300 g/mol. The SMILES string of the molecule is CCNCCSC1=C(C(=O)O)N2C(=O)[C@H]([C@@H](C)O)[C@H]2C1. The lowest BCUT2D eigenvalue weighted by Gasteiger charge is -2.44. The number of carboxylic acids is 1. The Morgan fingerprint density at radius 3 is 2.85 bits per heavy atom. The smallest absolute Gasteiger partial charge is 0.353 e. The molecule has 1 amide bonds. The van der Waals surface area contributed by atoms with E-state index in [1.807, 2.05) is 6.92 Å².